The summed E-state index contributed by atoms with van der Waals surface area (Å²) in [6.07, 6.45) is 1.15. The minimum Gasteiger partial charge on any atom is -0.396 e. The second-order valence-electron chi connectivity index (χ2n) is 5.26. The summed E-state index contributed by atoms with van der Waals surface area (Å²) in [4.78, 5) is 0. The smallest absolute Gasteiger partial charge is 0.0502 e. The molecule has 3 rings (SSSR count). The normalized spacial score (nSPS) is 23.1. The summed E-state index contributed by atoms with van der Waals surface area (Å²) in [6, 6.07) is 18.4. The molecule has 0 heterocycles. The molecular weight excluding hydrogens is 256 g/mol. The fourth-order valence-electron chi connectivity index (χ4n) is 2.97. The molecule has 2 aromatic rings. The highest BCUT2D eigenvalue weighted by atomic mass is 35.5. The number of halogens is 1. The van der Waals surface area contributed by atoms with Crippen molar-refractivity contribution in [3.05, 3.63) is 70.7 Å². The maximum Gasteiger partial charge on any atom is 0.0502 e. The molecule has 1 aliphatic rings. The Morgan fingerprint density at radius 1 is 1.11 bits per heavy atom. The molecule has 1 N–H and O–H groups in total. The van der Waals surface area contributed by atoms with Crippen molar-refractivity contribution < 1.29 is 5.11 Å². The van der Waals surface area contributed by atoms with E-state index in [9.17, 15) is 5.11 Å². The summed E-state index contributed by atoms with van der Waals surface area (Å²) >= 11 is 6.04. The molecule has 0 radical (unpaired) electrons. The van der Waals surface area contributed by atoms with Crippen LogP contribution >= 0.6 is 11.6 Å². The molecule has 0 aliphatic heterocycles. The minimum atomic E-state index is 0.189. The molecule has 0 spiro atoms. The van der Waals surface area contributed by atoms with Gasteiger partial charge in [0.25, 0.3) is 0 Å². The van der Waals surface area contributed by atoms with Gasteiger partial charge in [-0.15, -0.1) is 0 Å². The van der Waals surface area contributed by atoms with Crippen LogP contribution in [0.2, 0.25) is 5.02 Å². The number of rotatable bonds is 4. The highest BCUT2D eigenvalue weighted by molar-refractivity contribution is 6.30. The molecule has 0 bridgehead atoms. The second-order valence-corrected chi connectivity index (χ2v) is 5.70. The van der Waals surface area contributed by atoms with Crippen LogP contribution in [0.1, 0.15) is 29.4 Å². The standard InChI is InChI=1S/C17H17ClO/c18-14-8-4-7-13(9-14)17(11-19)16-10-15(16)12-5-2-1-3-6-12/h1-9,15-17,19H,10-11H2. The van der Waals surface area contributed by atoms with E-state index in [1.165, 1.54) is 5.56 Å². The van der Waals surface area contributed by atoms with Crippen LogP contribution in [-0.2, 0) is 0 Å². The van der Waals surface area contributed by atoms with Gasteiger partial charge in [-0.2, -0.15) is 0 Å². The van der Waals surface area contributed by atoms with Gasteiger partial charge in [-0.25, -0.2) is 0 Å². The molecule has 1 aliphatic carbocycles. The molecule has 2 aromatic carbocycles. The molecular formula is C17H17ClO. The Labute approximate surface area is 118 Å². The van der Waals surface area contributed by atoms with Crippen LogP contribution in [0.4, 0.5) is 0 Å². The second kappa shape index (κ2) is 5.36. The molecule has 0 amide bonds. The van der Waals surface area contributed by atoms with Crippen molar-refractivity contribution in [3.8, 4) is 0 Å². The van der Waals surface area contributed by atoms with Gasteiger partial charge < -0.3 is 5.11 Å². The summed E-state index contributed by atoms with van der Waals surface area (Å²) in [5.74, 6) is 1.31. The van der Waals surface area contributed by atoms with Gasteiger partial charge in [0, 0.05) is 10.9 Å². The maximum atomic E-state index is 9.70. The van der Waals surface area contributed by atoms with E-state index in [0.29, 0.717) is 11.8 Å². The van der Waals surface area contributed by atoms with Crippen LogP contribution in [0.5, 0.6) is 0 Å². The fourth-order valence-corrected chi connectivity index (χ4v) is 3.17. The van der Waals surface area contributed by atoms with Crippen LogP contribution in [0, 0.1) is 5.92 Å². The number of hydrogen-bond acceptors (Lipinski definition) is 1. The highest BCUT2D eigenvalue weighted by Gasteiger charge is 2.43. The van der Waals surface area contributed by atoms with Gasteiger partial charge >= 0.3 is 0 Å². The van der Waals surface area contributed by atoms with Crippen LogP contribution in [-0.4, -0.2) is 11.7 Å². The summed E-state index contributed by atoms with van der Waals surface area (Å²) in [5.41, 5.74) is 2.53. The van der Waals surface area contributed by atoms with Crippen LogP contribution in [0.25, 0.3) is 0 Å². The predicted molar refractivity (Wildman–Crippen MR) is 78.6 cm³/mol. The molecule has 1 fully saturated rings. The zero-order chi connectivity index (χ0) is 13.2. The van der Waals surface area contributed by atoms with Gasteiger partial charge in [-0.05, 0) is 41.5 Å². The number of benzene rings is 2. The first-order chi connectivity index (χ1) is 9.29. The summed E-state index contributed by atoms with van der Waals surface area (Å²) in [5, 5.41) is 10.4. The van der Waals surface area contributed by atoms with E-state index in [2.05, 4.69) is 30.3 Å². The lowest BCUT2D eigenvalue weighted by Gasteiger charge is -2.15. The molecule has 3 atom stereocenters. The summed E-state index contributed by atoms with van der Waals surface area (Å²) in [6.45, 7) is 0.189. The van der Waals surface area contributed by atoms with Gasteiger partial charge in [0.15, 0.2) is 0 Å². The lowest BCUT2D eigenvalue weighted by atomic mass is 9.92. The minimum absolute atomic E-state index is 0.189. The molecule has 3 unspecified atom stereocenters. The van der Waals surface area contributed by atoms with Gasteiger partial charge in [-0.1, -0.05) is 54.1 Å². The molecule has 2 heteroatoms. The lowest BCUT2D eigenvalue weighted by molar-refractivity contribution is 0.251. The zero-order valence-corrected chi connectivity index (χ0v) is 11.4. The average molecular weight is 273 g/mol. The van der Waals surface area contributed by atoms with Crippen molar-refractivity contribution in [2.24, 2.45) is 5.92 Å². The van der Waals surface area contributed by atoms with Crippen molar-refractivity contribution in [1.82, 2.24) is 0 Å². The van der Waals surface area contributed by atoms with Crippen molar-refractivity contribution in [2.75, 3.05) is 6.61 Å². The van der Waals surface area contributed by atoms with E-state index in [-0.39, 0.29) is 12.5 Å². The Morgan fingerprint density at radius 3 is 2.58 bits per heavy atom. The highest BCUT2D eigenvalue weighted by Crippen LogP contribution is 2.54. The lowest BCUT2D eigenvalue weighted by Crippen LogP contribution is -2.07. The average Bonchev–Trinajstić information content (AvgIpc) is 3.21. The Bertz CT molecular complexity index is 552. The largest absolute Gasteiger partial charge is 0.396 e. The zero-order valence-electron chi connectivity index (χ0n) is 10.7. The quantitative estimate of drug-likeness (QED) is 0.884. The topological polar surface area (TPSA) is 20.2 Å². The van der Waals surface area contributed by atoms with E-state index in [1.807, 2.05) is 24.3 Å². The SMILES string of the molecule is OCC(c1cccc(Cl)c1)C1CC1c1ccccc1. The first kappa shape index (κ1) is 12.7. The molecule has 0 aromatic heterocycles. The summed E-state index contributed by atoms with van der Waals surface area (Å²) < 4.78 is 0. The van der Waals surface area contributed by atoms with E-state index in [4.69, 9.17) is 11.6 Å². The summed E-state index contributed by atoms with van der Waals surface area (Å²) in [7, 11) is 0. The van der Waals surface area contributed by atoms with E-state index in [1.54, 1.807) is 0 Å². The van der Waals surface area contributed by atoms with E-state index < -0.39 is 0 Å². The Hall–Kier alpha value is -1.31. The first-order valence-corrected chi connectivity index (χ1v) is 7.08. The predicted octanol–water partition coefficient (Wildman–Crippen LogP) is 4.22. The molecule has 0 saturated heterocycles. The third-order valence-electron chi connectivity index (χ3n) is 4.06. The fraction of sp³-hybridized carbons (Fsp3) is 0.294. The van der Waals surface area contributed by atoms with E-state index in [0.717, 1.165) is 17.0 Å². The van der Waals surface area contributed by atoms with Crippen LogP contribution in [0.15, 0.2) is 54.6 Å². The Morgan fingerprint density at radius 2 is 1.89 bits per heavy atom. The molecule has 98 valence electrons. The van der Waals surface area contributed by atoms with Gasteiger partial charge in [0.05, 0.1) is 6.61 Å². The third kappa shape index (κ3) is 2.68. The number of hydrogen-bond donors (Lipinski definition) is 1. The van der Waals surface area contributed by atoms with Crippen molar-refractivity contribution >= 4 is 11.6 Å². The van der Waals surface area contributed by atoms with Crippen LogP contribution < -0.4 is 0 Å². The van der Waals surface area contributed by atoms with Crippen molar-refractivity contribution in [1.29, 1.82) is 0 Å². The van der Waals surface area contributed by atoms with Crippen molar-refractivity contribution in [3.63, 3.8) is 0 Å². The van der Waals surface area contributed by atoms with Crippen LogP contribution in [0.3, 0.4) is 0 Å². The monoisotopic (exact) mass is 272 g/mol. The van der Waals surface area contributed by atoms with Gasteiger partial charge in [0.2, 0.25) is 0 Å². The Kier molecular flexibility index (Phi) is 3.58. The molecule has 1 saturated carbocycles. The van der Waals surface area contributed by atoms with Gasteiger partial charge in [-0.3, -0.25) is 0 Å². The van der Waals surface area contributed by atoms with Gasteiger partial charge in [0.1, 0.15) is 0 Å². The molecule has 1 nitrogen and oxygen atoms in total. The maximum absolute atomic E-state index is 9.70. The Balaban J connectivity index is 1.79. The first-order valence-electron chi connectivity index (χ1n) is 6.71. The number of aliphatic hydroxyl groups is 1. The van der Waals surface area contributed by atoms with Crippen molar-refractivity contribution in [2.45, 2.75) is 18.3 Å². The number of aliphatic hydroxyl groups excluding tert-OH is 1. The molecule has 19 heavy (non-hydrogen) atoms. The third-order valence-corrected chi connectivity index (χ3v) is 4.29. The van der Waals surface area contributed by atoms with E-state index >= 15 is 0 Å².